The topological polar surface area (TPSA) is 93.9 Å². The summed E-state index contributed by atoms with van der Waals surface area (Å²) in [6.45, 7) is 4.55. The molecule has 6 rings (SSSR count). The van der Waals surface area contributed by atoms with E-state index < -0.39 is 11.4 Å². The van der Waals surface area contributed by atoms with Crippen LogP contribution in [0, 0.1) is 5.82 Å². The van der Waals surface area contributed by atoms with E-state index in [1.165, 1.54) is 18.5 Å². The van der Waals surface area contributed by atoms with Gasteiger partial charge in [-0.2, -0.15) is 5.10 Å². The Morgan fingerprint density at radius 3 is 3.03 bits per heavy atom. The minimum Gasteiger partial charge on any atom is -0.483 e. The number of nitrogens with zero attached hydrogens (tertiary/aromatic N) is 5. The molecule has 0 aromatic carbocycles. The Balaban J connectivity index is 1.54. The van der Waals surface area contributed by atoms with E-state index in [0.29, 0.717) is 53.8 Å². The highest BCUT2D eigenvalue weighted by Gasteiger charge is 2.41. The second-order valence-corrected chi connectivity index (χ2v) is 9.59. The number of pyridine rings is 1. The summed E-state index contributed by atoms with van der Waals surface area (Å²) in [5.41, 5.74) is 0.960. The standard InChI is InChI=1S/C23H25FN6O3/c1-23(2)6-7-32-22-13(8-14(24)9-25-22)11-29-16-4-3-5-17(16)33-18-12-30-19(27-20(18)29)15(10-26-30)21(31)28-23/h8-10,12,16-17H,3-7,11H2,1-2H3,(H,28,31)/t16-,17+/m1/s1. The van der Waals surface area contributed by atoms with E-state index in [-0.39, 0.29) is 18.1 Å². The predicted molar refractivity (Wildman–Crippen MR) is 117 cm³/mol. The normalized spacial score (nSPS) is 23.8. The second-order valence-electron chi connectivity index (χ2n) is 9.59. The van der Waals surface area contributed by atoms with E-state index in [1.54, 1.807) is 10.7 Å². The molecule has 3 aromatic rings. The van der Waals surface area contributed by atoms with Crippen molar-refractivity contribution in [3.63, 3.8) is 0 Å². The van der Waals surface area contributed by atoms with Gasteiger partial charge in [-0.3, -0.25) is 4.79 Å². The molecule has 1 amide bonds. The molecule has 0 spiro atoms. The van der Waals surface area contributed by atoms with E-state index in [4.69, 9.17) is 14.5 Å². The van der Waals surface area contributed by atoms with Crippen molar-refractivity contribution in [3.8, 4) is 11.6 Å². The molecule has 2 bridgehead atoms. The number of amides is 1. The van der Waals surface area contributed by atoms with Crippen LogP contribution < -0.4 is 19.7 Å². The fraction of sp³-hybridized carbons (Fsp3) is 0.478. The van der Waals surface area contributed by atoms with Crippen molar-refractivity contribution in [1.29, 1.82) is 0 Å². The summed E-state index contributed by atoms with van der Waals surface area (Å²) < 4.78 is 28.1. The van der Waals surface area contributed by atoms with Gasteiger partial charge in [0.15, 0.2) is 17.2 Å². The van der Waals surface area contributed by atoms with Gasteiger partial charge in [0, 0.05) is 17.5 Å². The van der Waals surface area contributed by atoms with Crippen LogP contribution in [0.25, 0.3) is 5.65 Å². The molecular weight excluding hydrogens is 427 g/mol. The molecule has 0 radical (unpaired) electrons. The van der Waals surface area contributed by atoms with E-state index in [9.17, 15) is 9.18 Å². The highest BCUT2D eigenvalue weighted by Crippen LogP contribution is 2.42. The first-order chi connectivity index (χ1) is 15.9. The van der Waals surface area contributed by atoms with Crippen LogP contribution in [0.5, 0.6) is 11.6 Å². The average Bonchev–Trinajstić information content (AvgIpc) is 3.39. The SMILES string of the molecule is CC1(C)CCOc2ncc(F)cc2CN2c3nc4c(cnn4cc3O[C@H]3CCC[C@H]32)C(=O)N1. The van der Waals surface area contributed by atoms with Gasteiger partial charge in [-0.1, -0.05) is 0 Å². The Morgan fingerprint density at radius 2 is 2.15 bits per heavy atom. The zero-order valence-electron chi connectivity index (χ0n) is 18.5. The van der Waals surface area contributed by atoms with Crippen LogP contribution in [0.15, 0.2) is 24.7 Å². The molecule has 0 unspecified atom stereocenters. The molecular formula is C23H25FN6O3. The van der Waals surface area contributed by atoms with Crippen LogP contribution in [-0.4, -0.2) is 49.8 Å². The quantitative estimate of drug-likeness (QED) is 0.561. The number of carbonyl (C=O) groups is 1. The number of nitrogens with one attached hydrogen (secondary N) is 1. The number of rotatable bonds is 0. The molecule has 9 nitrogen and oxygen atoms in total. The number of hydrogen-bond donors (Lipinski definition) is 1. The fourth-order valence-corrected chi connectivity index (χ4v) is 4.98. The van der Waals surface area contributed by atoms with E-state index in [2.05, 4.69) is 20.3 Å². The van der Waals surface area contributed by atoms with Gasteiger partial charge in [0.2, 0.25) is 5.88 Å². The van der Waals surface area contributed by atoms with Crippen molar-refractivity contribution < 1.29 is 18.7 Å². The third kappa shape index (κ3) is 3.44. The summed E-state index contributed by atoms with van der Waals surface area (Å²) in [7, 11) is 0. The summed E-state index contributed by atoms with van der Waals surface area (Å²) in [5.74, 6) is 0.946. The average molecular weight is 452 g/mol. The number of carbonyl (C=O) groups excluding carboxylic acids is 1. The van der Waals surface area contributed by atoms with Crippen molar-refractivity contribution in [3.05, 3.63) is 41.6 Å². The van der Waals surface area contributed by atoms with Crippen LogP contribution in [0.2, 0.25) is 0 Å². The van der Waals surface area contributed by atoms with Crippen molar-refractivity contribution in [2.75, 3.05) is 11.5 Å². The van der Waals surface area contributed by atoms with Crippen LogP contribution >= 0.6 is 0 Å². The lowest BCUT2D eigenvalue weighted by atomic mass is 10.0. The number of fused-ring (bicyclic) bond motifs is 3. The van der Waals surface area contributed by atoms with Gasteiger partial charge in [0.1, 0.15) is 17.5 Å². The molecule has 1 N–H and O–H groups in total. The van der Waals surface area contributed by atoms with Crippen LogP contribution in [-0.2, 0) is 6.54 Å². The van der Waals surface area contributed by atoms with Crippen molar-refractivity contribution in [1.82, 2.24) is 24.9 Å². The lowest BCUT2D eigenvalue weighted by Crippen LogP contribution is -2.47. The lowest BCUT2D eigenvalue weighted by Gasteiger charge is -2.39. The molecule has 3 aromatic heterocycles. The number of anilines is 1. The summed E-state index contributed by atoms with van der Waals surface area (Å²) in [4.78, 5) is 24.3. The second kappa shape index (κ2) is 7.29. The van der Waals surface area contributed by atoms with Crippen molar-refractivity contribution >= 4 is 17.4 Å². The summed E-state index contributed by atoms with van der Waals surface area (Å²) >= 11 is 0. The lowest BCUT2D eigenvalue weighted by molar-refractivity contribution is 0.0902. The van der Waals surface area contributed by atoms with E-state index in [1.807, 2.05) is 13.8 Å². The Kier molecular flexibility index (Phi) is 4.46. The minimum atomic E-state index is -0.546. The van der Waals surface area contributed by atoms with Crippen molar-refractivity contribution in [2.24, 2.45) is 0 Å². The molecule has 5 heterocycles. The van der Waals surface area contributed by atoms with Gasteiger partial charge >= 0.3 is 0 Å². The Morgan fingerprint density at radius 1 is 1.27 bits per heavy atom. The van der Waals surface area contributed by atoms with E-state index in [0.717, 1.165) is 19.3 Å². The van der Waals surface area contributed by atoms with Gasteiger partial charge in [0.25, 0.3) is 5.91 Å². The molecule has 3 aliphatic rings. The number of aromatic nitrogens is 4. The van der Waals surface area contributed by atoms with E-state index >= 15 is 0 Å². The summed E-state index contributed by atoms with van der Waals surface area (Å²) in [6, 6.07) is 1.57. The monoisotopic (exact) mass is 452 g/mol. The molecule has 33 heavy (non-hydrogen) atoms. The van der Waals surface area contributed by atoms with Crippen LogP contribution in [0.4, 0.5) is 10.2 Å². The maximum Gasteiger partial charge on any atom is 0.257 e. The zero-order chi connectivity index (χ0) is 22.7. The summed E-state index contributed by atoms with van der Waals surface area (Å²) in [6.07, 6.45) is 7.94. The number of ether oxygens (including phenoxy) is 2. The largest absolute Gasteiger partial charge is 0.483 e. The van der Waals surface area contributed by atoms with Gasteiger partial charge in [0.05, 0.1) is 37.8 Å². The smallest absolute Gasteiger partial charge is 0.257 e. The maximum absolute atomic E-state index is 14.2. The van der Waals surface area contributed by atoms with Crippen LogP contribution in [0.3, 0.4) is 0 Å². The van der Waals surface area contributed by atoms with Gasteiger partial charge in [-0.15, -0.1) is 0 Å². The Labute approximate surface area is 189 Å². The third-order valence-corrected chi connectivity index (χ3v) is 6.70. The molecule has 0 saturated heterocycles. The van der Waals surface area contributed by atoms with Crippen molar-refractivity contribution in [2.45, 2.75) is 63.8 Å². The molecule has 172 valence electrons. The van der Waals surface area contributed by atoms with Gasteiger partial charge in [-0.25, -0.2) is 18.9 Å². The molecule has 2 aliphatic heterocycles. The van der Waals surface area contributed by atoms with Crippen LogP contribution in [0.1, 0.15) is 55.5 Å². The number of hydrogen-bond acceptors (Lipinski definition) is 7. The number of halogens is 1. The first kappa shape index (κ1) is 20.2. The van der Waals surface area contributed by atoms with Gasteiger partial charge in [-0.05, 0) is 39.2 Å². The first-order valence-electron chi connectivity index (χ1n) is 11.3. The molecule has 10 heteroatoms. The highest BCUT2D eigenvalue weighted by molar-refractivity contribution is 6.00. The maximum atomic E-state index is 14.2. The molecule has 1 aliphatic carbocycles. The Hall–Kier alpha value is -3.43. The Bertz CT molecular complexity index is 1260. The fourth-order valence-electron chi connectivity index (χ4n) is 4.98. The molecule has 1 fully saturated rings. The zero-order valence-corrected chi connectivity index (χ0v) is 18.5. The third-order valence-electron chi connectivity index (χ3n) is 6.70. The molecule has 2 atom stereocenters. The van der Waals surface area contributed by atoms with Gasteiger partial charge < -0.3 is 19.7 Å². The molecule has 1 saturated carbocycles. The summed E-state index contributed by atoms with van der Waals surface area (Å²) in [5, 5.41) is 7.40. The minimum absolute atomic E-state index is 0.0145. The highest BCUT2D eigenvalue weighted by atomic mass is 19.1. The first-order valence-corrected chi connectivity index (χ1v) is 11.3. The predicted octanol–water partition coefficient (Wildman–Crippen LogP) is 2.87.